The smallest absolute Gasteiger partial charge is 0.278 e. The number of nitrogens with one attached hydrogen (secondary N) is 2. The van der Waals surface area contributed by atoms with Crippen LogP contribution in [0.5, 0.6) is 5.75 Å². The molecule has 0 unspecified atom stereocenters. The minimum absolute atomic E-state index is 0.0599. The molecule has 0 radical (unpaired) electrons. The summed E-state index contributed by atoms with van der Waals surface area (Å²) in [5.74, 6) is -0.581. The molecule has 1 saturated heterocycles. The molecule has 214 valence electrons. The van der Waals surface area contributed by atoms with Gasteiger partial charge in [-0.2, -0.15) is 5.10 Å². The third-order valence-corrected chi connectivity index (χ3v) is 7.43. The van der Waals surface area contributed by atoms with Gasteiger partial charge in [0.1, 0.15) is 11.4 Å². The van der Waals surface area contributed by atoms with Crippen LogP contribution in [0.1, 0.15) is 58.6 Å². The Morgan fingerprint density at radius 2 is 1.59 bits per heavy atom. The fraction of sp³-hybridized carbons (Fsp3) is 0.367. The minimum atomic E-state index is -0.625. The lowest BCUT2D eigenvalue weighted by Gasteiger charge is -2.29. The quantitative estimate of drug-likeness (QED) is 0.387. The van der Waals surface area contributed by atoms with Crippen LogP contribution >= 0.6 is 0 Å². The highest BCUT2D eigenvalue weighted by Crippen LogP contribution is 2.31. The van der Waals surface area contributed by atoms with Crippen molar-refractivity contribution in [3.8, 4) is 11.4 Å². The summed E-state index contributed by atoms with van der Waals surface area (Å²) in [6, 6.07) is 14.4. The molecule has 2 aromatic carbocycles. The zero-order valence-electron chi connectivity index (χ0n) is 23.3. The van der Waals surface area contributed by atoms with Crippen LogP contribution in [0.3, 0.4) is 0 Å². The monoisotopic (exact) mass is 558 g/mol. The van der Waals surface area contributed by atoms with Crippen LogP contribution in [0.4, 0.5) is 11.4 Å². The largest absolute Gasteiger partial charge is 0.497 e. The number of benzene rings is 2. The first-order chi connectivity index (χ1) is 19.9. The number of aromatic nitrogens is 2. The second-order valence-corrected chi connectivity index (χ2v) is 10.1. The van der Waals surface area contributed by atoms with Gasteiger partial charge in [0.15, 0.2) is 5.69 Å². The number of rotatable bonds is 9. The molecule has 11 nitrogen and oxygen atoms in total. The van der Waals surface area contributed by atoms with Crippen LogP contribution in [-0.4, -0.2) is 67.2 Å². The summed E-state index contributed by atoms with van der Waals surface area (Å²) in [5, 5.41) is 9.94. The van der Waals surface area contributed by atoms with Crippen LogP contribution in [0.15, 0.2) is 48.5 Å². The molecule has 0 atom stereocenters. The van der Waals surface area contributed by atoms with Gasteiger partial charge in [-0.05, 0) is 87.8 Å². The molecule has 3 heterocycles. The fourth-order valence-corrected chi connectivity index (χ4v) is 5.26. The average molecular weight is 559 g/mol. The molecule has 1 fully saturated rings. The second-order valence-electron chi connectivity index (χ2n) is 10.1. The van der Waals surface area contributed by atoms with E-state index in [0.717, 1.165) is 18.5 Å². The number of carbonyl (C=O) groups is 4. The van der Waals surface area contributed by atoms with Gasteiger partial charge < -0.3 is 19.9 Å². The lowest BCUT2D eigenvalue weighted by atomic mass is 10.0. The molecule has 1 aromatic heterocycles. The number of ether oxygens (including phenoxy) is 1. The van der Waals surface area contributed by atoms with Crippen molar-refractivity contribution < 1.29 is 23.9 Å². The van der Waals surface area contributed by atoms with Crippen molar-refractivity contribution in [2.45, 2.75) is 38.5 Å². The van der Waals surface area contributed by atoms with E-state index < -0.39 is 11.8 Å². The molecule has 5 rings (SSSR count). The van der Waals surface area contributed by atoms with Crippen LogP contribution in [0.25, 0.3) is 5.69 Å². The number of imide groups is 1. The number of carbonyl (C=O) groups excluding carboxylic acids is 4. The molecule has 2 aliphatic rings. The van der Waals surface area contributed by atoms with Gasteiger partial charge in [-0.3, -0.25) is 24.5 Å². The molecule has 3 aromatic rings. The molecular formula is C30H34N6O5. The highest BCUT2D eigenvalue weighted by molar-refractivity contribution is 6.11. The summed E-state index contributed by atoms with van der Waals surface area (Å²) in [4.78, 5) is 55.3. The predicted octanol–water partition coefficient (Wildman–Crippen LogP) is 2.86. The molecule has 0 bridgehead atoms. The van der Waals surface area contributed by atoms with Crippen LogP contribution < -0.4 is 25.2 Å². The summed E-state index contributed by atoms with van der Waals surface area (Å²) >= 11 is 0. The molecule has 2 aliphatic heterocycles. The van der Waals surface area contributed by atoms with Crippen molar-refractivity contribution in [1.82, 2.24) is 20.4 Å². The Balaban J connectivity index is 1.45. The second kappa shape index (κ2) is 12.3. The molecular weight excluding hydrogens is 524 g/mol. The van der Waals surface area contributed by atoms with Crippen molar-refractivity contribution in [3.63, 3.8) is 0 Å². The Morgan fingerprint density at radius 1 is 0.902 bits per heavy atom. The van der Waals surface area contributed by atoms with E-state index in [4.69, 9.17) is 4.74 Å². The number of fused-ring (bicyclic) bond motifs is 1. The highest BCUT2D eigenvalue weighted by atomic mass is 16.5. The van der Waals surface area contributed by atoms with Crippen molar-refractivity contribution in [2.75, 3.05) is 43.6 Å². The first-order valence-electron chi connectivity index (χ1n) is 13.9. The van der Waals surface area contributed by atoms with Crippen LogP contribution in [-0.2, 0) is 16.0 Å². The van der Waals surface area contributed by atoms with Gasteiger partial charge in [0.2, 0.25) is 11.8 Å². The number of anilines is 2. The van der Waals surface area contributed by atoms with E-state index >= 15 is 0 Å². The van der Waals surface area contributed by atoms with E-state index in [0.29, 0.717) is 61.6 Å². The van der Waals surface area contributed by atoms with E-state index in [1.54, 1.807) is 48.2 Å². The Morgan fingerprint density at radius 3 is 2.24 bits per heavy atom. The van der Waals surface area contributed by atoms with E-state index in [2.05, 4.69) is 15.7 Å². The average Bonchev–Trinajstić information content (AvgIpc) is 3.39. The molecule has 41 heavy (non-hydrogen) atoms. The third-order valence-electron chi connectivity index (χ3n) is 7.43. The van der Waals surface area contributed by atoms with E-state index in [9.17, 15) is 19.2 Å². The van der Waals surface area contributed by atoms with Crippen molar-refractivity contribution in [2.24, 2.45) is 0 Å². The number of hydrogen-bond donors (Lipinski definition) is 2. The van der Waals surface area contributed by atoms with Gasteiger partial charge in [-0.25, -0.2) is 4.68 Å². The zero-order chi connectivity index (χ0) is 28.9. The first-order valence-corrected chi connectivity index (χ1v) is 13.9. The van der Waals surface area contributed by atoms with Gasteiger partial charge >= 0.3 is 0 Å². The number of amides is 4. The van der Waals surface area contributed by atoms with Crippen LogP contribution in [0, 0.1) is 0 Å². The number of nitrogens with zero attached hydrogens (tertiary/aromatic N) is 4. The number of piperidine rings is 1. The maximum atomic E-state index is 14.0. The Kier molecular flexibility index (Phi) is 8.44. The summed E-state index contributed by atoms with van der Waals surface area (Å²) in [6.45, 7) is 1.68. The minimum Gasteiger partial charge on any atom is -0.497 e. The normalized spacial score (nSPS) is 15.1. The molecule has 0 spiro atoms. The van der Waals surface area contributed by atoms with E-state index in [1.807, 2.05) is 24.3 Å². The SMILES string of the molecule is CNCCCC(=O)NC(=O)c1nn(-c2ccc(OC)cc2)c2c1CCN(c1ccc(N3CCCCC3=O)cc1)C2=O. The van der Waals surface area contributed by atoms with Crippen molar-refractivity contribution in [3.05, 3.63) is 65.5 Å². The van der Waals surface area contributed by atoms with Crippen molar-refractivity contribution in [1.29, 1.82) is 0 Å². The van der Waals surface area contributed by atoms with Gasteiger partial charge in [-0.15, -0.1) is 0 Å². The van der Waals surface area contributed by atoms with Gasteiger partial charge in [-0.1, -0.05) is 0 Å². The highest BCUT2D eigenvalue weighted by Gasteiger charge is 2.35. The maximum Gasteiger partial charge on any atom is 0.278 e. The molecule has 11 heteroatoms. The number of hydrogen-bond acceptors (Lipinski definition) is 7. The predicted molar refractivity (Wildman–Crippen MR) is 154 cm³/mol. The standard InChI is InChI=1S/C30H34N6O5/c1-31-17-5-6-25(37)32-29(39)27-24-16-19-35(21-10-8-20(9-11-21)34-18-4-3-7-26(34)38)30(40)28(24)36(33-27)22-12-14-23(41-2)15-13-22/h8-15,31H,3-7,16-19H2,1-2H3,(H,32,37,39). The van der Waals surface area contributed by atoms with Crippen molar-refractivity contribution >= 4 is 35.0 Å². The van der Waals surface area contributed by atoms with Gasteiger partial charge in [0.25, 0.3) is 11.8 Å². The lowest BCUT2D eigenvalue weighted by molar-refractivity contribution is -0.120. The number of methoxy groups -OCH3 is 1. The van der Waals surface area contributed by atoms with E-state index in [-0.39, 0.29) is 29.6 Å². The molecule has 0 saturated carbocycles. The Labute approximate surface area is 238 Å². The summed E-state index contributed by atoms with van der Waals surface area (Å²) in [6.07, 6.45) is 3.58. The van der Waals surface area contributed by atoms with E-state index in [1.165, 1.54) is 4.68 Å². The molecule has 0 aliphatic carbocycles. The lowest BCUT2D eigenvalue weighted by Crippen LogP contribution is -2.39. The summed E-state index contributed by atoms with van der Waals surface area (Å²) in [7, 11) is 3.36. The summed E-state index contributed by atoms with van der Waals surface area (Å²) < 4.78 is 6.73. The first kappa shape index (κ1) is 28.0. The topological polar surface area (TPSA) is 126 Å². The molecule has 4 amide bonds. The Hall–Kier alpha value is -4.51. The van der Waals surface area contributed by atoms with Gasteiger partial charge in [0, 0.05) is 42.9 Å². The molecule has 2 N–H and O–H groups in total. The fourth-order valence-electron chi connectivity index (χ4n) is 5.26. The Bertz CT molecular complexity index is 1450. The maximum absolute atomic E-state index is 14.0. The third kappa shape index (κ3) is 5.85. The zero-order valence-corrected chi connectivity index (χ0v) is 23.3. The summed E-state index contributed by atoms with van der Waals surface area (Å²) in [5.41, 5.74) is 2.90. The van der Waals surface area contributed by atoms with Gasteiger partial charge in [0.05, 0.1) is 12.8 Å². The van der Waals surface area contributed by atoms with Crippen LogP contribution in [0.2, 0.25) is 0 Å².